The van der Waals surface area contributed by atoms with Crippen molar-refractivity contribution in [3.8, 4) is 0 Å². The van der Waals surface area contributed by atoms with Gasteiger partial charge in [-0.1, -0.05) is 6.92 Å². The van der Waals surface area contributed by atoms with Gasteiger partial charge in [0, 0.05) is 0 Å². The number of carbonyl (C=O) groups is 1. The van der Waals surface area contributed by atoms with Crippen molar-refractivity contribution in [1.82, 2.24) is 0 Å². The Balaban J connectivity index is 2.65. The van der Waals surface area contributed by atoms with Crippen LogP contribution in [0.1, 0.15) is 27.2 Å². The van der Waals surface area contributed by atoms with Gasteiger partial charge in [-0.05, 0) is 20.3 Å². The first-order chi connectivity index (χ1) is 4.01. The summed E-state index contributed by atoms with van der Waals surface area (Å²) < 4.78 is 5.02. The normalized spacial score (nSPS) is 32.3. The minimum atomic E-state index is -0.212. The summed E-state index contributed by atoms with van der Waals surface area (Å²) >= 11 is 0. The van der Waals surface area contributed by atoms with E-state index in [1.165, 1.54) is 0 Å². The minimum absolute atomic E-state index is 0.0556. The summed E-state index contributed by atoms with van der Waals surface area (Å²) in [5, 5.41) is 0. The average Bonchev–Trinajstić information content (AvgIpc) is 1.79. The van der Waals surface area contributed by atoms with E-state index in [1.54, 1.807) is 0 Å². The highest BCUT2D eigenvalue weighted by molar-refractivity contribution is 5.74. The summed E-state index contributed by atoms with van der Waals surface area (Å²) in [6.07, 6.45) is 0.853. The Labute approximate surface area is 55.2 Å². The zero-order valence-corrected chi connectivity index (χ0v) is 6.10. The zero-order chi connectivity index (χ0) is 7.07. The predicted octanol–water partition coefficient (Wildman–Crippen LogP) is 1.35. The maximum atomic E-state index is 10.8. The molecule has 0 aliphatic carbocycles. The van der Waals surface area contributed by atoms with Gasteiger partial charge in [0.25, 0.3) is 0 Å². The molecule has 0 aromatic rings. The molecular weight excluding hydrogens is 116 g/mol. The highest BCUT2D eigenvalue weighted by Crippen LogP contribution is 2.29. The highest BCUT2D eigenvalue weighted by Gasteiger charge is 2.36. The van der Waals surface area contributed by atoms with Crippen LogP contribution in [0.3, 0.4) is 0 Å². The van der Waals surface area contributed by atoms with E-state index in [4.69, 9.17) is 4.74 Å². The topological polar surface area (TPSA) is 26.3 Å². The molecule has 1 rings (SSSR count). The number of hydrogen-bond acceptors (Lipinski definition) is 2. The van der Waals surface area contributed by atoms with Crippen LogP contribution in [0.5, 0.6) is 0 Å². The van der Waals surface area contributed by atoms with Gasteiger partial charge in [0.15, 0.2) is 0 Å². The molecule has 0 aromatic heterocycles. The highest BCUT2D eigenvalue weighted by atomic mass is 16.6. The Morgan fingerprint density at radius 3 is 2.33 bits per heavy atom. The summed E-state index contributed by atoms with van der Waals surface area (Å²) in [4.78, 5) is 10.8. The second-order valence-corrected chi connectivity index (χ2v) is 3.29. The van der Waals surface area contributed by atoms with Crippen molar-refractivity contribution < 1.29 is 9.53 Å². The fraction of sp³-hybridized carbons (Fsp3) is 0.857. The van der Waals surface area contributed by atoms with Crippen LogP contribution in [-0.4, -0.2) is 11.6 Å². The second-order valence-electron chi connectivity index (χ2n) is 3.29. The van der Waals surface area contributed by atoms with Gasteiger partial charge in [-0.2, -0.15) is 0 Å². The van der Waals surface area contributed by atoms with Crippen LogP contribution in [-0.2, 0) is 9.53 Å². The van der Waals surface area contributed by atoms with E-state index in [0.29, 0.717) is 0 Å². The van der Waals surface area contributed by atoms with Crippen LogP contribution < -0.4 is 0 Å². The van der Waals surface area contributed by atoms with Gasteiger partial charge in [-0.3, -0.25) is 4.79 Å². The molecule has 0 saturated carbocycles. The Hall–Kier alpha value is -0.530. The third kappa shape index (κ3) is 1.23. The predicted molar refractivity (Wildman–Crippen MR) is 34.0 cm³/mol. The Bertz CT molecular complexity index is 138. The largest absolute Gasteiger partial charge is 0.459 e. The van der Waals surface area contributed by atoms with Crippen LogP contribution in [0.4, 0.5) is 0 Å². The van der Waals surface area contributed by atoms with Crippen LogP contribution in [0.15, 0.2) is 0 Å². The van der Waals surface area contributed by atoms with Gasteiger partial charge in [0.05, 0.1) is 5.92 Å². The summed E-state index contributed by atoms with van der Waals surface area (Å²) in [7, 11) is 0. The van der Waals surface area contributed by atoms with Crippen LogP contribution in [0.2, 0.25) is 0 Å². The summed E-state index contributed by atoms with van der Waals surface area (Å²) in [5.74, 6) is 0.0417. The van der Waals surface area contributed by atoms with E-state index in [1.807, 2.05) is 20.8 Å². The number of esters is 1. The molecular formula is C7H12O2. The smallest absolute Gasteiger partial charge is 0.309 e. The van der Waals surface area contributed by atoms with E-state index in [0.717, 1.165) is 6.42 Å². The fourth-order valence-electron chi connectivity index (χ4n) is 1.24. The molecule has 1 aliphatic heterocycles. The standard InChI is InChI=1S/C7H12O2/c1-5-4-7(2,3)9-6(5)8/h5H,4H2,1-3H3. The summed E-state index contributed by atoms with van der Waals surface area (Å²) in [6, 6.07) is 0. The number of hydrogen-bond donors (Lipinski definition) is 0. The monoisotopic (exact) mass is 128 g/mol. The maximum Gasteiger partial charge on any atom is 0.309 e. The van der Waals surface area contributed by atoms with Gasteiger partial charge >= 0.3 is 5.97 Å². The third-order valence-corrected chi connectivity index (χ3v) is 1.58. The second kappa shape index (κ2) is 1.72. The number of rotatable bonds is 0. The van der Waals surface area contributed by atoms with E-state index in [9.17, 15) is 4.79 Å². The van der Waals surface area contributed by atoms with E-state index < -0.39 is 0 Å². The lowest BCUT2D eigenvalue weighted by atomic mass is 9.99. The van der Waals surface area contributed by atoms with Crippen LogP contribution in [0, 0.1) is 5.92 Å². The number of cyclic esters (lactones) is 1. The Morgan fingerprint density at radius 1 is 1.67 bits per heavy atom. The summed E-state index contributed by atoms with van der Waals surface area (Å²) in [5.41, 5.74) is -0.212. The first kappa shape index (κ1) is 6.59. The Kier molecular flexibility index (Phi) is 1.26. The number of carbonyl (C=O) groups excluding carboxylic acids is 1. The molecule has 0 radical (unpaired) electrons. The van der Waals surface area contributed by atoms with Gasteiger partial charge in [-0.25, -0.2) is 0 Å². The molecule has 0 spiro atoms. The lowest BCUT2D eigenvalue weighted by Gasteiger charge is -2.14. The quantitative estimate of drug-likeness (QED) is 0.460. The molecule has 1 unspecified atom stereocenters. The molecule has 0 aromatic carbocycles. The molecule has 2 nitrogen and oxygen atoms in total. The van der Waals surface area contributed by atoms with Crippen molar-refractivity contribution in [2.45, 2.75) is 32.8 Å². The van der Waals surface area contributed by atoms with E-state index in [2.05, 4.69) is 0 Å². The first-order valence-corrected chi connectivity index (χ1v) is 3.24. The molecule has 1 heterocycles. The van der Waals surface area contributed by atoms with Gasteiger partial charge in [-0.15, -0.1) is 0 Å². The summed E-state index contributed by atoms with van der Waals surface area (Å²) in [6.45, 7) is 5.78. The maximum absolute atomic E-state index is 10.8. The zero-order valence-electron chi connectivity index (χ0n) is 6.10. The first-order valence-electron chi connectivity index (χ1n) is 3.24. The third-order valence-electron chi connectivity index (χ3n) is 1.58. The lowest BCUT2D eigenvalue weighted by Crippen LogP contribution is -2.17. The molecule has 1 aliphatic rings. The lowest BCUT2D eigenvalue weighted by molar-refractivity contribution is -0.148. The molecule has 52 valence electrons. The Morgan fingerprint density at radius 2 is 2.22 bits per heavy atom. The van der Waals surface area contributed by atoms with Crippen molar-refractivity contribution >= 4 is 5.97 Å². The van der Waals surface area contributed by atoms with E-state index in [-0.39, 0.29) is 17.5 Å². The number of ether oxygens (including phenoxy) is 1. The molecule has 1 atom stereocenters. The SMILES string of the molecule is CC1CC(C)(C)OC1=O. The van der Waals surface area contributed by atoms with Crippen molar-refractivity contribution in [3.05, 3.63) is 0 Å². The van der Waals surface area contributed by atoms with E-state index >= 15 is 0 Å². The molecule has 0 bridgehead atoms. The van der Waals surface area contributed by atoms with Crippen molar-refractivity contribution in [2.24, 2.45) is 5.92 Å². The van der Waals surface area contributed by atoms with Crippen molar-refractivity contribution in [2.75, 3.05) is 0 Å². The van der Waals surface area contributed by atoms with Gasteiger partial charge in [0.2, 0.25) is 0 Å². The minimum Gasteiger partial charge on any atom is -0.459 e. The molecule has 1 fully saturated rings. The molecule has 0 amide bonds. The van der Waals surface area contributed by atoms with Gasteiger partial charge < -0.3 is 4.74 Å². The van der Waals surface area contributed by atoms with Crippen LogP contribution in [0.25, 0.3) is 0 Å². The van der Waals surface area contributed by atoms with Crippen LogP contribution >= 0.6 is 0 Å². The average molecular weight is 128 g/mol. The van der Waals surface area contributed by atoms with Gasteiger partial charge in [0.1, 0.15) is 5.60 Å². The molecule has 0 N–H and O–H groups in total. The fourth-order valence-corrected chi connectivity index (χ4v) is 1.24. The molecule has 9 heavy (non-hydrogen) atoms. The molecule has 2 heteroatoms. The van der Waals surface area contributed by atoms with Crippen molar-refractivity contribution in [1.29, 1.82) is 0 Å². The van der Waals surface area contributed by atoms with Crippen molar-refractivity contribution in [3.63, 3.8) is 0 Å². The molecule has 1 saturated heterocycles.